The van der Waals surface area contributed by atoms with Crippen LogP contribution in [-0.4, -0.2) is 52.6 Å². The topological polar surface area (TPSA) is 75.9 Å². The van der Waals surface area contributed by atoms with Crippen LogP contribution in [0.2, 0.25) is 0 Å². The molecule has 2 atom stereocenters. The third kappa shape index (κ3) is 3.62. The summed E-state index contributed by atoms with van der Waals surface area (Å²) in [7, 11) is 1.69. The van der Waals surface area contributed by atoms with Crippen LogP contribution in [-0.2, 0) is 20.9 Å². The van der Waals surface area contributed by atoms with Crippen molar-refractivity contribution in [1.82, 2.24) is 15.0 Å². The molecule has 1 aromatic carbocycles. The number of carbonyl (C=O) groups excluding carboxylic acids is 2. The number of nitrogens with zero attached hydrogens (tertiary/aromatic N) is 3. The quantitative estimate of drug-likeness (QED) is 0.818. The Hall–Kier alpha value is -2.67. The van der Waals surface area contributed by atoms with Gasteiger partial charge in [0.15, 0.2) is 6.10 Å². The second-order valence-corrected chi connectivity index (χ2v) is 6.67. The summed E-state index contributed by atoms with van der Waals surface area (Å²) in [6, 6.07) is 10.7. The molecule has 1 fully saturated rings. The van der Waals surface area contributed by atoms with Crippen LogP contribution in [0.3, 0.4) is 0 Å². The number of amides is 2. The van der Waals surface area contributed by atoms with Crippen molar-refractivity contribution in [2.75, 3.05) is 13.7 Å². The van der Waals surface area contributed by atoms with E-state index in [1.165, 1.54) is 6.26 Å². The van der Waals surface area contributed by atoms with E-state index in [1.54, 1.807) is 22.9 Å². The molecule has 7 nitrogen and oxygen atoms in total. The monoisotopic (exact) mass is 357 g/mol. The van der Waals surface area contributed by atoms with Gasteiger partial charge in [0.2, 0.25) is 5.91 Å². The van der Waals surface area contributed by atoms with Crippen LogP contribution < -0.4 is 0 Å². The third-order valence-corrected chi connectivity index (χ3v) is 4.47. The summed E-state index contributed by atoms with van der Waals surface area (Å²) < 4.78 is 10.5. The van der Waals surface area contributed by atoms with Gasteiger partial charge in [-0.15, -0.1) is 0 Å². The Morgan fingerprint density at radius 3 is 2.65 bits per heavy atom. The van der Waals surface area contributed by atoms with Crippen LogP contribution in [0.15, 0.2) is 47.2 Å². The van der Waals surface area contributed by atoms with Gasteiger partial charge in [-0.3, -0.25) is 9.59 Å². The molecule has 1 aliphatic rings. The van der Waals surface area contributed by atoms with E-state index in [1.807, 2.05) is 44.2 Å². The SMILES string of the molecule is CC(C)N1C(=O)CO[C@H](C(=O)N(C)Cc2ccon2)[C@H]1c1ccccc1. The van der Waals surface area contributed by atoms with E-state index in [0.29, 0.717) is 12.2 Å². The van der Waals surface area contributed by atoms with Crippen molar-refractivity contribution < 1.29 is 18.8 Å². The fourth-order valence-corrected chi connectivity index (χ4v) is 3.29. The predicted octanol–water partition coefficient (Wildman–Crippen LogP) is 2.01. The number of morpholine rings is 1. The van der Waals surface area contributed by atoms with Crippen LogP contribution in [0, 0.1) is 0 Å². The first-order valence-electron chi connectivity index (χ1n) is 8.61. The van der Waals surface area contributed by atoms with Gasteiger partial charge in [-0.2, -0.15) is 0 Å². The normalized spacial score (nSPS) is 20.5. The molecule has 0 saturated carbocycles. The van der Waals surface area contributed by atoms with Crippen molar-refractivity contribution in [3.05, 3.63) is 53.9 Å². The summed E-state index contributed by atoms with van der Waals surface area (Å²) >= 11 is 0. The van der Waals surface area contributed by atoms with E-state index in [0.717, 1.165) is 5.56 Å². The molecule has 1 saturated heterocycles. The van der Waals surface area contributed by atoms with E-state index >= 15 is 0 Å². The Kier molecular flexibility index (Phi) is 5.37. The minimum absolute atomic E-state index is 0.0484. The maximum Gasteiger partial charge on any atom is 0.254 e. The van der Waals surface area contributed by atoms with Gasteiger partial charge in [0, 0.05) is 19.2 Å². The summed E-state index contributed by atoms with van der Waals surface area (Å²) in [5.41, 5.74) is 1.53. The zero-order chi connectivity index (χ0) is 18.7. The standard InChI is InChI=1S/C19H23N3O4/c1-13(2)22-16(23)12-25-18(17(22)14-7-5-4-6-8-14)19(24)21(3)11-15-9-10-26-20-15/h4-10,13,17-18H,11-12H2,1-3H3/t17-,18+/m1/s1. The molecule has 2 aromatic rings. The van der Waals surface area contributed by atoms with Gasteiger partial charge >= 0.3 is 0 Å². The molecule has 1 aliphatic heterocycles. The molecule has 0 bridgehead atoms. The molecule has 0 unspecified atom stereocenters. The smallest absolute Gasteiger partial charge is 0.254 e. The highest BCUT2D eigenvalue weighted by molar-refractivity contribution is 5.86. The Balaban J connectivity index is 1.89. The van der Waals surface area contributed by atoms with Crippen molar-refractivity contribution in [3.63, 3.8) is 0 Å². The first-order chi connectivity index (χ1) is 12.5. The minimum atomic E-state index is -0.769. The number of hydrogen-bond acceptors (Lipinski definition) is 5. The van der Waals surface area contributed by atoms with Crippen LogP contribution in [0.25, 0.3) is 0 Å². The highest BCUT2D eigenvalue weighted by Gasteiger charge is 2.43. The van der Waals surface area contributed by atoms with Crippen molar-refractivity contribution in [2.45, 2.75) is 38.6 Å². The Morgan fingerprint density at radius 2 is 2.04 bits per heavy atom. The van der Waals surface area contributed by atoms with E-state index in [-0.39, 0.29) is 24.5 Å². The molecule has 7 heteroatoms. The number of hydrogen-bond donors (Lipinski definition) is 0. The van der Waals surface area contributed by atoms with E-state index < -0.39 is 12.1 Å². The molecular weight excluding hydrogens is 334 g/mol. The molecule has 0 N–H and O–H groups in total. The summed E-state index contributed by atoms with van der Waals surface area (Å²) in [6.07, 6.45) is 0.700. The Labute approximate surface area is 152 Å². The first-order valence-corrected chi connectivity index (χ1v) is 8.61. The van der Waals surface area contributed by atoms with Gasteiger partial charge in [0.1, 0.15) is 18.6 Å². The van der Waals surface area contributed by atoms with Crippen LogP contribution in [0.4, 0.5) is 0 Å². The van der Waals surface area contributed by atoms with E-state index in [4.69, 9.17) is 9.26 Å². The highest BCUT2D eigenvalue weighted by Crippen LogP contribution is 2.33. The zero-order valence-corrected chi connectivity index (χ0v) is 15.2. The van der Waals surface area contributed by atoms with Gasteiger partial charge in [-0.1, -0.05) is 35.5 Å². The van der Waals surface area contributed by atoms with Crippen molar-refractivity contribution in [2.24, 2.45) is 0 Å². The molecular formula is C19H23N3O4. The lowest BCUT2D eigenvalue weighted by molar-refractivity contribution is -0.171. The number of rotatable bonds is 5. The lowest BCUT2D eigenvalue weighted by Gasteiger charge is -2.43. The molecule has 0 spiro atoms. The van der Waals surface area contributed by atoms with Gasteiger partial charge < -0.3 is 19.1 Å². The largest absolute Gasteiger partial charge is 0.364 e. The molecule has 3 rings (SSSR count). The molecule has 0 aliphatic carbocycles. The Bertz CT molecular complexity index is 745. The lowest BCUT2D eigenvalue weighted by Crippen LogP contribution is -2.56. The molecule has 2 heterocycles. The second-order valence-electron chi connectivity index (χ2n) is 6.67. The third-order valence-electron chi connectivity index (χ3n) is 4.47. The van der Waals surface area contributed by atoms with Crippen molar-refractivity contribution >= 4 is 11.8 Å². The minimum Gasteiger partial charge on any atom is -0.364 e. The fourth-order valence-electron chi connectivity index (χ4n) is 3.29. The van der Waals surface area contributed by atoms with Crippen LogP contribution in [0.5, 0.6) is 0 Å². The molecule has 0 radical (unpaired) electrons. The molecule has 2 amide bonds. The van der Waals surface area contributed by atoms with Crippen molar-refractivity contribution in [3.8, 4) is 0 Å². The summed E-state index contributed by atoms with van der Waals surface area (Å²) in [6.45, 7) is 4.10. The highest BCUT2D eigenvalue weighted by atomic mass is 16.5. The fraction of sp³-hybridized carbons (Fsp3) is 0.421. The molecule has 1 aromatic heterocycles. The maximum absolute atomic E-state index is 13.1. The predicted molar refractivity (Wildman–Crippen MR) is 93.9 cm³/mol. The second kappa shape index (κ2) is 7.70. The first kappa shape index (κ1) is 18.1. The van der Waals surface area contributed by atoms with Gasteiger partial charge in [0.25, 0.3) is 5.91 Å². The number of likely N-dealkylation sites (N-methyl/N-ethyl adjacent to an activating group) is 1. The number of ether oxygens (including phenoxy) is 1. The number of carbonyl (C=O) groups is 2. The van der Waals surface area contributed by atoms with Gasteiger partial charge in [-0.05, 0) is 19.4 Å². The van der Waals surface area contributed by atoms with Gasteiger partial charge in [-0.25, -0.2) is 0 Å². The molecule has 138 valence electrons. The average molecular weight is 357 g/mol. The van der Waals surface area contributed by atoms with Crippen molar-refractivity contribution in [1.29, 1.82) is 0 Å². The number of benzene rings is 1. The van der Waals surface area contributed by atoms with Crippen LogP contribution >= 0.6 is 0 Å². The summed E-state index contributed by atoms with van der Waals surface area (Å²) in [5, 5.41) is 3.84. The summed E-state index contributed by atoms with van der Waals surface area (Å²) in [5.74, 6) is -0.308. The Morgan fingerprint density at radius 1 is 1.31 bits per heavy atom. The van der Waals surface area contributed by atoms with E-state index in [2.05, 4.69) is 5.16 Å². The lowest BCUT2D eigenvalue weighted by atomic mass is 9.95. The molecule has 26 heavy (non-hydrogen) atoms. The zero-order valence-electron chi connectivity index (χ0n) is 15.2. The van der Waals surface area contributed by atoms with Gasteiger partial charge in [0.05, 0.1) is 12.6 Å². The van der Waals surface area contributed by atoms with Crippen LogP contribution in [0.1, 0.15) is 31.1 Å². The number of aromatic nitrogens is 1. The maximum atomic E-state index is 13.1. The van der Waals surface area contributed by atoms with E-state index in [9.17, 15) is 9.59 Å². The average Bonchev–Trinajstić information content (AvgIpc) is 3.14. The summed E-state index contributed by atoms with van der Waals surface area (Å²) in [4.78, 5) is 28.8.